The summed E-state index contributed by atoms with van der Waals surface area (Å²) in [4.78, 5) is 33.6. The number of rotatable bonds is 8. The smallest absolute Gasteiger partial charge is 0.237 e. The van der Waals surface area contributed by atoms with Gasteiger partial charge < -0.3 is 15.1 Å². The van der Waals surface area contributed by atoms with Crippen LogP contribution in [0.4, 0.5) is 5.69 Å². The summed E-state index contributed by atoms with van der Waals surface area (Å²) in [7, 11) is 0. The monoisotopic (exact) mass is 432 g/mol. The zero-order chi connectivity index (χ0) is 21.7. The Morgan fingerprint density at radius 3 is 2.67 bits per heavy atom. The molecule has 2 aliphatic rings. The Morgan fingerprint density at radius 1 is 1.20 bits per heavy atom. The molecular formula is C23H36N4O2S. The van der Waals surface area contributed by atoms with E-state index in [0.29, 0.717) is 25.1 Å². The molecule has 1 saturated heterocycles. The summed E-state index contributed by atoms with van der Waals surface area (Å²) < 4.78 is 0. The third kappa shape index (κ3) is 6.20. The highest BCUT2D eigenvalue weighted by molar-refractivity contribution is 8.00. The predicted octanol–water partition coefficient (Wildman–Crippen LogP) is 3.40. The Balaban J connectivity index is 1.38. The van der Waals surface area contributed by atoms with E-state index in [1.165, 1.54) is 31.3 Å². The molecule has 1 N–H and O–H groups in total. The lowest BCUT2D eigenvalue weighted by atomic mass is 9.92. The molecule has 1 aromatic rings. The van der Waals surface area contributed by atoms with Gasteiger partial charge in [-0.3, -0.25) is 9.59 Å². The van der Waals surface area contributed by atoms with Crippen molar-refractivity contribution in [3.8, 4) is 0 Å². The molecule has 2 amide bonds. The van der Waals surface area contributed by atoms with Gasteiger partial charge in [-0.2, -0.15) is 0 Å². The Kier molecular flexibility index (Phi) is 8.17. The van der Waals surface area contributed by atoms with Gasteiger partial charge in [0.25, 0.3) is 0 Å². The number of pyridine rings is 1. The Bertz CT molecular complexity index is 760. The number of amides is 2. The van der Waals surface area contributed by atoms with Gasteiger partial charge in [0.2, 0.25) is 11.8 Å². The van der Waals surface area contributed by atoms with E-state index in [1.807, 2.05) is 24.8 Å². The molecule has 1 aromatic heterocycles. The number of carbonyl (C=O) groups excluding carboxylic acids is 2. The van der Waals surface area contributed by atoms with Gasteiger partial charge in [-0.05, 0) is 63.1 Å². The molecule has 0 spiro atoms. The normalized spacial score (nSPS) is 22.1. The maximum absolute atomic E-state index is 12.4. The van der Waals surface area contributed by atoms with Crippen LogP contribution >= 0.6 is 11.8 Å². The molecule has 2 unspecified atom stereocenters. The van der Waals surface area contributed by atoms with E-state index in [-0.39, 0.29) is 11.8 Å². The van der Waals surface area contributed by atoms with Gasteiger partial charge >= 0.3 is 0 Å². The van der Waals surface area contributed by atoms with Gasteiger partial charge in [0, 0.05) is 38.3 Å². The number of nitrogens with one attached hydrogen (secondary N) is 1. The largest absolute Gasteiger partial charge is 0.356 e. The Hall–Kier alpha value is -1.60. The maximum atomic E-state index is 12.4. The number of carbonyl (C=O) groups is 2. The molecular weight excluding hydrogens is 396 g/mol. The van der Waals surface area contributed by atoms with Crippen LogP contribution in [0.15, 0.2) is 11.1 Å². The highest BCUT2D eigenvalue weighted by Gasteiger charge is 2.27. The summed E-state index contributed by atoms with van der Waals surface area (Å²) in [5.74, 6) is 2.14. The number of aromatic nitrogens is 1. The minimum absolute atomic E-state index is 0.0770. The summed E-state index contributed by atoms with van der Waals surface area (Å²) in [5, 5.41) is 3.97. The highest BCUT2D eigenvalue weighted by Crippen LogP contribution is 2.36. The highest BCUT2D eigenvalue weighted by atomic mass is 32.2. The molecule has 2 aliphatic heterocycles. The zero-order valence-electron chi connectivity index (χ0n) is 18.9. The number of likely N-dealkylation sites (tertiary alicyclic amines) is 1. The van der Waals surface area contributed by atoms with Crippen LogP contribution in [0.25, 0.3) is 0 Å². The van der Waals surface area contributed by atoms with E-state index in [9.17, 15) is 9.59 Å². The van der Waals surface area contributed by atoms with Gasteiger partial charge in [0.15, 0.2) is 0 Å². The molecule has 0 aliphatic carbocycles. The first kappa shape index (κ1) is 23.1. The van der Waals surface area contributed by atoms with Crippen LogP contribution in [-0.4, -0.2) is 60.2 Å². The van der Waals surface area contributed by atoms with Gasteiger partial charge in [-0.1, -0.05) is 25.6 Å². The van der Waals surface area contributed by atoms with Crippen LogP contribution in [-0.2, 0) is 9.59 Å². The van der Waals surface area contributed by atoms with Crippen molar-refractivity contribution in [2.75, 3.05) is 43.4 Å². The summed E-state index contributed by atoms with van der Waals surface area (Å²) in [6.07, 6.45) is 3.42. The number of hydrogen-bond acceptors (Lipinski definition) is 5. The van der Waals surface area contributed by atoms with Gasteiger partial charge in [-0.15, -0.1) is 0 Å². The molecule has 0 radical (unpaired) electrons. The molecule has 3 heterocycles. The topological polar surface area (TPSA) is 65.5 Å². The molecule has 0 bridgehead atoms. The van der Waals surface area contributed by atoms with Crippen LogP contribution < -0.4 is 10.2 Å². The van der Waals surface area contributed by atoms with Crippen LogP contribution in [0.1, 0.15) is 50.8 Å². The van der Waals surface area contributed by atoms with Crippen molar-refractivity contribution in [3.05, 3.63) is 17.3 Å². The number of nitrogens with zero attached hydrogens (tertiary/aromatic N) is 3. The van der Waals surface area contributed by atoms with E-state index < -0.39 is 0 Å². The van der Waals surface area contributed by atoms with Gasteiger partial charge in [0.05, 0.1) is 11.4 Å². The lowest BCUT2D eigenvalue weighted by Gasteiger charge is -2.34. The molecule has 3 rings (SSSR count). The number of piperidine rings is 1. The number of anilines is 1. The number of aryl methyl sites for hydroxylation is 2. The maximum Gasteiger partial charge on any atom is 0.237 e. The molecule has 1 fully saturated rings. The van der Waals surface area contributed by atoms with E-state index in [4.69, 9.17) is 0 Å². The standard InChI is InChI=1S/C23H36N4O2S/c1-16-11-17(2)14-26(13-16)9-6-8-24-20(28)7-5-10-27-21(29)15-30-23-22(27)18(3)12-19(4)25-23/h12,16-17H,5-11,13-15H2,1-4H3,(H,24,28). The van der Waals surface area contributed by atoms with Crippen molar-refractivity contribution in [3.63, 3.8) is 0 Å². The van der Waals surface area contributed by atoms with Gasteiger partial charge in [-0.25, -0.2) is 4.98 Å². The molecule has 30 heavy (non-hydrogen) atoms. The number of fused-ring (bicyclic) bond motifs is 1. The van der Waals surface area contributed by atoms with E-state index in [0.717, 1.165) is 53.3 Å². The fourth-order valence-electron chi connectivity index (χ4n) is 4.79. The summed E-state index contributed by atoms with van der Waals surface area (Å²) >= 11 is 1.51. The SMILES string of the molecule is Cc1cc(C)c2c(n1)SCC(=O)N2CCCC(=O)NCCCN1CC(C)CC(C)C1. The average Bonchev–Trinajstić information content (AvgIpc) is 2.66. The molecule has 0 aromatic carbocycles. The summed E-state index contributed by atoms with van der Waals surface area (Å²) in [6, 6.07) is 2.02. The quantitative estimate of drug-likeness (QED) is 0.638. The minimum Gasteiger partial charge on any atom is -0.356 e. The van der Waals surface area contributed by atoms with Crippen molar-refractivity contribution < 1.29 is 9.59 Å². The summed E-state index contributed by atoms with van der Waals surface area (Å²) in [5.41, 5.74) is 2.97. The van der Waals surface area contributed by atoms with E-state index in [1.54, 1.807) is 0 Å². The number of hydrogen-bond donors (Lipinski definition) is 1. The van der Waals surface area contributed by atoms with Crippen LogP contribution in [0.2, 0.25) is 0 Å². The fraction of sp³-hybridized carbons (Fsp3) is 0.696. The first-order chi connectivity index (χ1) is 14.3. The van der Waals surface area contributed by atoms with Crippen molar-refractivity contribution in [1.29, 1.82) is 0 Å². The first-order valence-corrected chi connectivity index (χ1v) is 12.2. The minimum atomic E-state index is 0.0770. The zero-order valence-corrected chi connectivity index (χ0v) is 19.7. The van der Waals surface area contributed by atoms with E-state index in [2.05, 4.69) is 29.0 Å². The molecule has 2 atom stereocenters. The fourth-order valence-corrected chi connectivity index (χ4v) is 5.82. The molecule has 0 saturated carbocycles. The molecule has 7 heteroatoms. The third-order valence-corrected chi connectivity index (χ3v) is 6.84. The van der Waals surface area contributed by atoms with Crippen LogP contribution in [0, 0.1) is 25.7 Å². The first-order valence-electron chi connectivity index (χ1n) is 11.2. The van der Waals surface area contributed by atoms with Gasteiger partial charge in [0.1, 0.15) is 5.03 Å². The van der Waals surface area contributed by atoms with Crippen molar-refractivity contribution in [1.82, 2.24) is 15.2 Å². The van der Waals surface area contributed by atoms with Crippen molar-refractivity contribution >= 4 is 29.3 Å². The lowest BCUT2D eigenvalue weighted by Crippen LogP contribution is -2.40. The molecule has 6 nitrogen and oxygen atoms in total. The lowest BCUT2D eigenvalue weighted by molar-refractivity contribution is -0.121. The van der Waals surface area contributed by atoms with Crippen LogP contribution in [0.3, 0.4) is 0 Å². The van der Waals surface area contributed by atoms with Crippen molar-refractivity contribution in [2.24, 2.45) is 11.8 Å². The second-order valence-electron chi connectivity index (χ2n) is 9.08. The Morgan fingerprint density at radius 2 is 1.93 bits per heavy atom. The second kappa shape index (κ2) is 10.6. The van der Waals surface area contributed by atoms with E-state index >= 15 is 0 Å². The predicted molar refractivity (Wildman–Crippen MR) is 123 cm³/mol. The average molecular weight is 433 g/mol. The Labute approximate surface area is 185 Å². The third-order valence-electron chi connectivity index (χ3n) is 5.89. The summed E-state index contributed by atoms with van der Waals surface area (Å²) in [6.45, 7) is 13.3. The number of thioether (sulfide) groups is 1. The second-order valence-corrected chi connectivity index (χ2v) is 10.0. The van der Waals surface area contributed by atoms with Crippen LogP contribution in [0.5, 0.6) is 0 Å². The van der Waals surface area contributed by atoms with Crippen molar-refractivity contribution in [2.45, 2.75) is 58.4 Å². The molecule has 166 valence electrons.